The lowest BCUT2D eigenvalue weighted by atomic mass is 9.99. The summed E-state index contributed by atoms with van der Waals surface area (Å²) in [6.45, 7) is 0.840. The number of nitrogens with zero attached hydrogens (tertiary/aromatic N) is 4. The molecule has 1 aliphatic rings. The molecule has 2 aromatic rings. The van der Waals surface area contributed by atoms with Crippen molar-refractivity contribution in [1.29, 1.82) is 0 Å². The smallest absolute Gasteiger partial charge is 0.272 e. The van der Waals surface area contributed by atoms with Crippen molar-refractivity contribution < 1.29 is 9.90 Å². The summed E-state index contributed by atoms with van der Waals surface area (Å²) < 4.78 is 1.64. The van der Waals surface area contributed by atoms with Crippen LogP contribution in [0.1, 0.15) is 36.2 Å². The Morgan fingerprint density at radius 3 is 3.00 bits per heavy atom. The van der Waals surface area contributed by atoms with Gasteiger partial charge in [0.1, 0.15) is 5.69 Å². The van der Waals surface area contributed by atoms with Gasteiger partial charge < -0.3 is 10.0 Å². The first-order valence-corrected chi connectivity index (χ1v) is 7.68. The molecular weight excluding hydrogens is 280 g/mol. The molecule has 6 nitrogen and oxygen atoms in total. The Kier molecular flexibility index (Phi) is 4.48. The second-order valence-corrected chi connectivity index (χ2v) is 5.49. The number of aromatic nitrogens is 3. The SMILES string of the molecule is O=C(c1cccc(-n2cccn2)n1)N1CCCCC1CCO. The fraction of sp³-hybridized carbons (Fsp3) is 0.438. The van der Waals surface area contributed by atoms with Crippen molar-refractivity contribution in [1.82, 2.24) is 19.7 Å². The van der Waals surface area contributed by atoms with Crippen molar-refractivity contribution in [2.24, 2.45) is 0 Å². The maximum absolute atomic E-state index is 12.8. The van der Waals surface area contributed by atoms with E-state index in [1.54, 1.807) is 23.1 Å². The number of aliphatic hydroxyl groups is 1. The molecule has 1 aliphatic heterocycles. The highest BCUT2D eigenvalue weighted by molar-refractivity contribution is 5.92. The van der Waals surface area contributed by atoms with Gasteiger partial charge in [-0.3, -0.25) is 4.79 Å². The van der Waals surface area contributed by atoms with Crippen LogP contribution in [-0.2, 0) is 0 Å². The van der Waals surface area contributed by atoms with Gasteiger partial charge in [-0.05, 0) is 43.9 Å². The van der Waals surface area contributed by atoms with Crippen LogP contribution in [0, 0.1) is 0 Å². The van der Waals surface area contributed by atoms with E-state index >= 15 is 0 Å². The summed E-state index contributed by atoms with van der Waals surface area (Å²) in [5, 5.41) is 13.3. The number of carbonyl (C=O) groups is 1. The van der Waals surface area contributed by atoms with Crippen LogP contribution >= 0.6 is 0 Å². The van der Waals surface area contributed by atoms with Crippen LogP contribution in [0.25, 0.3) is 5.82 Å². The van der Waals surface area contributed by atoms with Crippen LogP contribution in [0.5, 0.6) is 0 Å². The first-order chi connectivity index (χ1) is 10.8. The summed E-state index contributed by atoms with van der Waals surface area (Å²) in [6, 6.07) is 7.31. The largest absolute Gasteiger partial charge is 0.396 e. The van der Waals surface area contributed by atoms with Gasteiger partial charge >= 0.3 is 0 Å². The van der Waals surface area contributed by atoms with E-state index in [4.69, 9.17) is 0 Å². The number of hydrogen-bond donors (Lipinski definition) is 1. The van der Waals surface area contributed by atoms with E-state index in [0.29, 0.717) is 17.9 Å². The van der Waals surface area contributed by atoms with E-state index in [2.05, 4.69) is 10.1 Å². The van der Waals surface area contributed by atoms with E-state index in [1.807, 2.05) is 23.1 Å². The molecule has 116 valence electrons. The lowest BCUT2D eigenvalue weighted by Crippen LogP contribution is -2.44. The molecule has 22 heavy (non-hydrogen) atoms. The zero-order valence-electron chi connectivity index (χ0n) is 12.4. The van der Waals surface area contributed by atoms with Crippen LogP contribution in [0.3, 0.4) is 0 Å². The molecule has 1 unspecified atom stereocenters. The molecule has 1 amide bonds. The fourth-order valence-electron chi connectivity index (χ4n) is 2.94. The number of rotatable bonds is 4. The predicted molar refractivity (Wildman–Crippen MR) is 81.7 cm³/mol. The zero-order valence-corrected chi connectivity index (χ0v) is 12.4. The highest BCUT2D eigenvalue weighted by Crippen LogP contribution is 2.21. The maximum atomic E-state index is 12.8. The third-order valence-corrected chi connectivity index (χ3v) is 4.04. The second kappa shape index (κ2) is 6.70. The van der Waals surface area contributed by atoms with Gasteiger partial charge in [-0.15, -0.1) is 0 Å². The van der Waals surface area contributed by atoms with Crippen LogP contribution in [0.2, 0.25) is 0 Å². The Hall–Kier alpha value is -2.21. The highest BCUT2D eigenvalue weighted by atomic mass is 16.3. The predicted octanol–water partition coefficient (Wildman–Crippen LogP) is 1.64. The fourth-order valence-corrected chi connectivity index (χ4v) is 2.94. The summed E-state index contributed by atoms with van der Waals surface area (Å²) in [7, 11) is 0. The molecule has 1 N–H and O–H groups in total. The summed E-state index contributed by atoms with van der Waals surface area (Å²) >= 11 is 0. The van der Waals surface area contributed by atoms with Gasteiger partial charge in [0, 0.05) is 31.6 Å². The quantitative estimate of drug-likeness (QED) is 0.932. The number of amides is 1. The molecule has 0 radical (unpaired) electrons. The summed E-state index contributed by atoms with van der Waals surface area (Å²) in [5.41, 5.74) is 0.429. The first-order valence-electron chi connectivity index (χ1n) is 7.68. The van der Waals surface area contributed by atoms with Crippen LogP contribution in [0.15, 0.2) is 36.7 Å². The second-order valence-electron chi connectivity index (χ2n) is 5.49. The Morgan fingerprint density at radius 2 is 2.23 bits per heavy atom. The number of piperidine rings is 1. The van der Waals surface area contributed by atoms with Crippen molar-refractivity contribution in [3.63, 3.8) is 0 Å². The molecule has 3 rings (SSSR count). The number of likely N-dealkylation sites (tertiary alicyclic amines) is 1. The topological polar surface area (TPSA) is 71.2 Å². The minimum Gasteiger partial charge on any atom is -0.396 e. The number of pyridine rings is 1. The van der Waals surface area contributed by atoms with Crippen molar-refractivity contribution in [3.8, 4) is 5.82 Å². The van der Waals surface area contributed by atoms with E-state index < -0.39 is 0 Å². The minimum absolute atomic E-state index is 0.0628. The maximum Gasteiger partial charge on any atom is 0.272 e. The van der Waals surface area contributed by atoms with E-state index in [0.717, 1.165) is 25.8 Å². The molecule has 6 heteroatoms. The van der Waals surface area contributed by atoms with Gasteiger partial charge in [0.25, 0.3) is 5.91 Å². The Labute approximate surface area is 129 Å². The van der Waals surface area contributed by atoms with Gasteiger partial charge in [0.2, 0.25) is 0 Å². The molecular formula is C16H20N4O2. The van der Waals surface area contributed by atoms with Crippen LogP contribution in [0.4, 0.5) is 0 Å². The molecule has 3 heterocycles. The van der Waals surface area contributed by atoms with Gasteiger partial charge in [-0.25, -0.2) is 9.67 Å². The van der Waals surface area contributed by atoms with Crippen molar-refractivity contribution in [3.05, 3.63) is 42.4 Å². The molecule has 0 aromatic carbocycles. The summed E-state index contributed by atoms with van der Waals surface area (Å²) in [5.74, 6) is 0.568. The molecule has 0 aliphatic carbocycles. The molecule has 2 aromatic heterocycles. The molecule has 1 saturated heterocycles. The van der Waals surface area contributed by atoms with Crippen molar-refractivity contribution in [2.45, 2.75) is 31.7 Å². The van der Waals surface area contributed by atoms with Gasteiger partial charge in [-0.2, -0.15) is 5.10 Å². The first kappa shape index (κ1) is 14.7. The highest BCUT2D eigenvalue weighted by Gasteiger charge is 2.27. The van der Waals surface area contributed by atoms with Crippen molar-refractivity contribution >= 4 is 5.91 Å². The number of aliphatic hydroxyl groups excluding tert-OH is 1. The van der Waals surface area contributed by atoms with Crippen LogP contribution < -0.4 is 0 Å². The monoisotopic (exact) mass is 300 g/mol. The minimum atomic E-state index is -0.0628. The van der Waals surface area contributed by atoms with Crippen LogP contribution in [-0.4, -0.2) is 49.9 Å². The molecule has 0 spiro atoms. The Morgan fingerprint density at radius 1 is 1.32 bits per heavy atom. The average molecular weight is 300 g/mol. The number of hydrogen-bond acceptors (Lipinski definition) is 4. The molecule has 1 fully saturated rings. The zero-order chi connectivity index (χ0) is 15.4. The van der Waals surface area contributed by atoms with E-state index in [1.165, 1.54) is 0 Å². The molecule has 1 atom stereocenters. The van der Waals surface area contributed by atoms with Gasteiger partial charge in [0.15, 0.2) is 5.82 Å². The summed E-state index contributed by atoms with van der Waals surface area (Å²) in [6.07, 6.45) is 7.17. The van der Waals surface area contributed by atoms with Gasteiger partial charge in [-0.1, -0.05) is 6.07 Å². The molecule has 0 bridgehead atoms. The molecule has 0 saturated carbocycles. The third kappa shape index (κ3) is 3.01. The van der Waals surface area contributed by atoms with E-state index in [9.17, 15) is 9.90 Å². The summed E-state index contributed by atoms with van der Waals surface area (Å²) in [4.78, 5) is 19.0. The normalized spacial score (nSPS) is 18.4. The average Bonchev–Trinajstić information content (AvgIpc) is 3.10. The Bertz CT molecular complexity index is 625. The lowest BCUT2D eigenvalue weighted by molar-refractivity contribution is 0.0568. The lowest BCUT2D eigenvalue weighted by Gasteiger charge is -2.35. The Balaban J connectivity index is 1.83. The van der Waals surface area contributed by atoms with Crippen molar-refractivity contribution in [2.75, 3.05) is 13.2 Å². The van der Waals surface area contributed by atoms with E-state index in [-0.39, 0.29) is 18.6 Å². The van der Waals surface area contributed by atoms with Gasteiger partial charge in [0.05, 0.1) is 0 Å². The third-order valence-electron chi connectivity index (χ3n) is 4.04. The number of carbonyl (C=O) groups excluding carboxylic acids is 1. The standard InChI is InChI=1S/C16H20N4O2/c21-12-8-13-5-1-2-10-19(13)16(22)14-6-3-7-15(18-14)20-11-4-9-17-20/h3-4,6-7,9,11,13,21H,1-2,5,8,10,12H2.